The number of rotatable bonds is 2. The lowest BCUT2D eigenvalue weighted by Crippen LogP contribution is -2.56. The van der Waals surface area contributed by atoms with E-state index >= 15 is 0 Å². The van der Waals surface area contributed by atoms with Crippen LogP contribution in [-0.4, -0.2) is 58.0 Å². The highest BCUT2D eigenvalue weighted by Gasteiger charge is 2.40. The summed E-state index contributed by atoms with van der Waals surface area (Å²) in [7, 11) is -3.07. The molecule has 1 saturated heterocycles. The number of urea groups is 1. The average Bonchev–Trinajstić information content (AvgIpc) is 2.86. The molecule has 0 spiro atoms. The summed E-state index contributed by atoms with van der Waals surface area (Å²) in [6.45, 7) is 2.10. The van der Waals surface area contributed by atoms with E-state index in [0.717, 1.165) is 25.0 Å². The van der Waals surface area contributed by atoms with Crippen molar-refractivity contribution in [1.82, 2.24) is 19.5 Å². The van der Waals surface area contributed by atoms with Gasteiger partial charge in [0.25, 0.3) is 0 Å². The quantitative estimate of drug-likeness (QED) is 0.871. The molecule has 3 heterocycles. The number of hydrogen-bond donors (Lipinski definition) is 1. The Labute approximate surface area is 146 Å². The van der Waals surface area contributed by atoms with Gasteiger partial charge in [0.2, 0.25) is 0 Å². The Bertz CT molecular complexity index is 919. The first kappa shape index (κ1) is 16.3. The second-order valence-corrected chi connectivity index (χ2v) is 9.11. The van der Waals surface area contributed by atoms with E-state index in [0.29, 0.717) is 11.5 Å². The maximum absolute atomic E-state index is 12.8. The summed E-state index contributed by atoms with van der Waals surface area (Å²) in [4.78, 5) is 18.8. The van der Waals surface area contributed by atoms with Crippen LogP contribution >= 0.6 is 0 Å². The van der Waals surface area contributed by atoms with E-state index in [2.05, 4.69) is 15.4 Å². The topological polar surface area (TPSA) is 96.7 Å². The molecule has 2 aliphatic rings. The van der Waals surface area contributed by atoms with Crippen molar-refractivity contribution in [3.8, 4) is 0 Å². The molecule has 1 aliphatic carbocycles. The van der Waals surface area contributed by atoms with E-state index in [9.17, 15) is 13.2 Å². The number of carbonyl (C=O) groups excluding carboxylic acids is 1. The number of fused-ring (bicyclic) bond motifs is 1. The van der Waals surface area contributed by atoms with Crippen LogP contribution in [0.15, 0.2) is 18.3 Å². The Morgan fingerprint density at radius 2 is 2.16 bits per heavy atom. The summed E-state index contributed by atoms with van der Waals surface area (Å²) in [5.41, 5.74) is 1.47. The van der Waals surface area contributed by atoms with Crippen molar-refractivity contribution >= 4 is 27.3 Å². The maximum atomic E-state index is 12.8. The summed E-state index contributed by atoms with van der Waals surface area (Å²) in [6.07, 6.45) is 4.70. The van der Waals surface area contributed by atoms with Gasteiger partial charge in [-0.1, -0.05) is 6.42 Å². The molecule has 1 N–H and O–H groups in total. The third-order valence-corrected chi connectivity index (χ3v) is 6.79. The Kier molecular flexibility index (Phi) is 3.90. The lowest BCUT2D eigenvalue weighted by atomic mass is 9.79. The first-order valence-corrected chi connectivity index (χ1v) is 10.3. The molecular formula is C16H21N5O3S. The highest BCUT2D eigenvalue weighted by molar-refractivity contribution is 7.91. The highest BCUT2D eigenvalue weighted by atomic mass is 32.2. The van der Waals surface area contributed by atoms with Crippen molar-refractivity contribution in [2.45, 2.75) is 32.2 Å². The van der Waals surface area contributed by atoms with E-state index in [4.69, 9.17) is 0 Å². The minimum absolute atomic E-state index is 0.0241. The van der Waals surface area contributed by atoms with Gasteiger partial charge in [0.1, 0.15) is 5.82 Å². The molecule has 0 bridgehead atoms. The summed E-state index contributed by atoms with van der Waals surface area (Å²) >= 11 is 0. The van der Waals surface area contributed by atoms with Crippen LogP contribution in [-0.2, 0) is 9.84 Å². The van der Waals surface area contributed by atoms with Crippen LogP contribution in [0, 0.1) is 12.8 Å². The van der Waals surface area contributed by atoms with Crippen molar-refractivity contribution in [2.75, 3.05) is 23.4 Å². The predicted molar refractivity (Wildman–Crippen MR) is 93.2 cm³/mol. The molecule has 0 radical (unpaired) electrons. The van der Waals surface area contributed by atoms with Crippen LogP contribution in [0.4, 0.5) is 10.6 Å². The third-order valence-electron chi connectivity index (χ3n) is 5.14. The smallest absolute Gasteiger partial charge is 0.319 e. The average molecular weight is 363 g/mol. The summed E-state index contributed by atoms with van der Waals surface area (Å²) < 4.78 is 25.6. The molecule has 134 valence electrons. The number of nitrogens with one attached hydrogen (secondary N) is 1. The van der Waals surface area contributed by atoms with E-state index in [-0.39, 0.29) is 36.0 Å². The molecule has 2 aromatic heterocycles. The first-order valence-electron chi connectivity index (χ1n) is 8.52. The Hall–Kier alpha value is -2.16. The molecule has 2 amide bonds. The van der Waals surface area contributed by atoms with Gasteiger partial charge in [-0.2, -0.15) is 9.61 Å². The van der Waals surface area contributed by atoms with E-state index < -0.39 is 9.84 Å². The summed E-state index contributed by atoms with van der Waals surface area (Å²) in [5, 5.41) is 7.22. The van der Waals surface area contributed by atoms with Crippen molar-refractivity contribution in [3.63, 3.8) is 0 Å². The fourth-order valence-corrected chi connectivity index (χ4v) is 5.20. The van der Waals surface area contributed by atoms with Gasteiger partial charge in [0.15, 0.2) is 15.5 Å². The van der Waals surface area contributed by atoms with Gasteiger partial charge in [-0.15, -0.1) is 0 Å². The van der Waals surface area contributed by atoms with E-state index in [1.165, 1.54) is 0 Å². The molecule has 1 aliphatic heterocycles. The zero-order valence-corrected chi connectivity index (χ0v) is 14.9. The van der Waals surface area contributed by atoms with Gasteiger partial charge < -0.3 is 4.90 Å². The first-order chi connectivity index (χ1) is 11.9. The highest BCUT2D eigenvalue weighted by Crippen LogP contribution is 2.34. The third kappa shape index (κ3) is 3.08. The number of nitrogens with zero attached hydrogens (tertiary/aromatic N) is 4. The molecule has 1 saturated carbocycles. The Morgan fingerprint density at radius 1 is 1.36 bits per heavy atom. The second kappa shape index (κ2) is 5.98. The molecule has 1 unspecified atom stereocenters. The molecule has 2 fully saturated rings. The minimum atomic E-state index is -3.07. The van der Waals surface area contributed by atoms with Crippen LogP contribution in [0.3, 0.4) is 0 Å². The SMILES string of the molecule is Cc1cc2nccc(NC(=O)N3CCS(=O)(=O)CC3C3CCC3)n2n1. The predicted octanol–water partition coefficient (Wildman–Crippen LogP) is 1.47. The lowest BCUT2D eigenvalue weighted by Gasteiger charge is -2.43. The number of aryl methyl sites for hydroxylation is 1. The van der Waals surface area contributed by atoms with Crippen molar-refractivity contribution < 1.29 is 13.2 Å². The van der Waals surface area contributed by atoms with Crippen LogP contribution in [0.2, 0.25) is 0 Å². The number of amides is 2. The minimum Gasteiger partial charge on any atom is -0.319 e. The van der Waals surface area contributed by atoms with Crippen molar-refractivity contribution in [3.05, 3.63) is 24.0 Å². The van der Waals surface area contributed by atoms with Gasteiger partial charge in [0, 0.05) is 18.8 Å². The maximum Gasteiger partial charge on any atom is 0.323 e. The Balaban J connectivity index is 1.58. The van der Waals surface area contributed by atoms with Crippen LogP contribution in [0.5, 0.6) is 0 Å². The van der Waals surface area contributed by atoms with Gasteiger partial charge in [-0.25, -0.2) is 18.2 Å². The fourth-order valence-electron chi connectivity index (χ4n) is 3.59. The van der Waals surface area contributed by atoms with E-state index in [1.54, 1.807) is 21.7 Å². The van der Waals surface area contributed by atoms with Gasteiger partial charge >= 0.3 is 6.03 Å². The van der Waals surface area contributed by atoms with Crippen molar-refractivity contribution in [1.29, 1.82) is 0 Å². The molecule has 25 heavy (non-hydrogen) atoms. The monoisotopic (exact) mass is 363 g/mol. The molecule has 9 heteroatoms. The number of anilines is 1. The summed E-state index contributed by atoms with van der Waals surface area (Å²) in [6, 6.07) is 3.02. The number of hydrogen-bond acceptors (Lipinski definition) is 5. The molecular weight excluding hydrogens is 342 g/mol. The molecule has 4 rings (SSSR count). The molecule has 8 nitrogen and oxygen atoms in total. The van der Waals surface area contributed by atoms with Gasteiger partial charge in [-0.3, -0.25) is 5.32 Å². The molecule has 2 aromatic rings. The zero-order valence-electron chi connectivity index (χ0n) is 14.1. The van der Waals surface area contributed by atoms with Crippen LogP contribution in [0.1, 0.15) is 25.0 Å². The summed E-state index contributed by atoms with van der Waals surface area (Å²) in [5.74, 6) is 0.905. The number of aromatic nitrogens is 3. The lowest BCUT2D eigenvalue weighted by molar-refractivity contribution is 0.131. The van der Waals surface area contributed by atoms with Gasteiger partial charge in [-0.05, 0) is 31.7 Å². The normalized spacial score (nSPS) is 23.4. The van der Waals surface area contributed by atoms with Crippen molar-refractivity contribution in [2.24, 2.45) is 5.92 Å². The van der Waals surface area contributed by atoms with Gasteiger partial charge in [0.05, 0.1) is 23.2 Å². The van der Waals surface area contributed by atoms with Crippen LogP contribution < -0.4 is 5.32 Å². The zero-order chi connectivity index (χ0) is 17.6. The largest absolute Gasteiger partial charge is 0.323 e. The second-order valence-electron chi connectivity index (χ2n) is 6.88. The standard InChI is InChI=1S/C16H21N5O3S/c1-11-9-15-17-6-5-14(21(15)19-11)18-16(22)20-7-8-25(23,24)10-13(20)12-3-2-4-12/h5-6,9,12-13H,2-4,7-8,10H2,1H3,(H,18,22). The number of carbonyl (C=O) groups is 1. The number of sulfone groups is 1. The van der Waals surface area contributed by atoms with Crippen LogP contribution in [0.25, 0.3) is 5.65 Å². The van der Waals surface area contributed by atoms with E-state index in [1.807, 2.05) is 13.0 Å². The molecule has 1 atom stereocenters. The fraction of sp³-hybridized carbons (Fsp3) is 0.562. The Morgan fingerprint density at radius 3 is 2.88 bits per heavy atom. The molecule has 0 aromatic carbocycles.